The molecule has 0 saturated heterocycles. The summed E-state index contributed by atoms with van der Waals surface area (Å²) < 4.78 is 0. The molecule has 3 heteroatoms. The first kappa shape index (κ1) is 19.0. The monoisotopic (exact) mass is 252 g/mol. The van der Waals surface area contributed by atoms with Gasteiger partial charge in [0.15, 0.2) is 0 Å². The smallest absolute Gasteiger partial charge is 0.207 e. The minimum atomic E-state index is 0.620. The SMILES string of the molecule is CC.CC(C)Cc1cccc(CNC=O)c1.CN. The van der Waals surface area contributed by atoms with Crippen molar-refractivity contribution < 1.29 is 4.79 Å². The van der Waals surface area contributed by atoms with Crippen molar-refractivity contribution in [2.45, 2.75) is 40.7 Å². The van der Waals surface area contributed by atoms with Gasteiger partial charge in [0, 0.05) is 6.54 Å². The predicted molar refractivity (Wildman–Crippen MR) is 79.3 cm³/mol. The maximum atomic E-state index is 10.1. The second kappa shape index (κ2) is 13.7. The lowest BCUT2D eigenvalue weighted by Gasteiger charge is -2.06. The summed E-state index contributed by atoms with van der Waals surface area (Å²) in [7, 11) is 1.50. The van der Waals surface area contributed by atoms with E-state index in [1.54, 1.807) is 0 Å². The van der Waals surface area contributed by atoms with Crippen LogP contribution in [0.2, 0.25) is 0 Å². The molecule has 18 heavy (non-hydrogen) atoms. The first-order valence-corrected chi connectivity index (χ1v) is 6.55. The van der Waals surface area contributed by atoms with Crippen LogP contribution in [-0.4, -0.2) is 13.5 Å². The van der Waals surface area contributed by atoms with Gasteiger partial charge in [0.1, 0.15) is 0 Å². The Labute approximate surface area is 112 Å². The van der Waals surface area contributed by atoms with Gasteiger partial charge in [-0.25, -0.2) is 0 Å². The van der Waals surface area contributed by atoms with Crippen LogP contribution in [0.3, 0.4) is 0 Å². The zero-order chi connectivity index (χ0) is 14.4. The van der Waals surface area contributed by atoms with E-state index in [1.165, 1.54) is 12.6 Å². The van der Waals surface area contributed by atoms with E-state index >= 15 is 0 Å². The Morgan fingerprint density at radius 3 is 2.28 bits per heavy atom. The summed E-state index contributed by atoms with van der Waals surface area (Å²) in [5.74, 6) is 0.671. The summed E-state index contributed by atoms with van der Waals surface area (Å²) in [6, 6.07) is 8.35. The van der Waals surface area contributed by atoms with Crippen molar-refractivity contribution in [3.8, 4) is 0 Å². The molecule has 0 unspecified atom stereocenters. The van der Waals surface area contributed by atoms with E-state index in [-0.39, 0.29) is 0 Å². The number of benzene rings is 1. The van der Waals surface area contributed by atoms with Crippen LogP contribution in [0.15, 0.2) is 24.3 Å². The highest BCUT2D eigenvalue weighted by Gasteiger charge is 1.98. The van der Waals surface area contributed by atoms with Crippen LogP contribution in [0.25, 0.3) is 0 Å². The molecule has 3 N–H and O–H groups in total. The molecule has 0 heterocycles. The molecule has 0 aliphatic heterocycles. The van der Waals surface area contributed by atoms with Gasteiger partial charge < -0.3 is 11.1 Å². The summed E-state index contributed by atoms with van der Waals surface area (Å²) in [5.41, 5.74) is 7.00. The Morgan fingerprint density at radius 1 is 1.22 bits per heavy atom. The van der Waals surface area contributed by atoms with Crippen LogP contribution in [0.1, 0.15) is 38.8 Å². The molecule has 0 aliphatic carbocycles. The third-order valence-electron chi connectivity index (χ3n) is 2.02. The van der Waals surface area contributed by atoms with Crippen molar-refractivity contribution in [1.29, 1.82) is 0 Å². The van der Waals surface area contributed by atoms with Gasteiger partial charge in [0.2, 0.25) is 6.41 Å². The number of carbonyl (C=O) groups excluding carboxylic acids is 1. The summed E-state index contributed by atoms with van der Waals surface area (Å²) >= 11 is 0. The van der Waals surface area contributed by atoms with E-state index < -0.39 is 0 Å². The number of rotatable bonds is 5. The normalized spacial score (nSPS) is 8.61. The predicted octanol–water partition coefficient (Wildman–Crippen LogP) is 2.73. The van der Waals surface area contributed by atoms with E-state index in [9.17, 15) is 4.79 Å². The number of nitrogens with two attached hydrogens (primary N) is 1. The van der Waals surface area contributed by atoms with Crippen LogP contribution in [0, 0.1) is 5.92 Å². The average Bonchev–Trinajstić information content (AvgIpc) is 2.41. The molecule has 1 rings (SSSR count). The summed E-state index contributed by atoms with van der Waals surface area (Å²) in [6.07, 6.45) is 1.82. The highest BCUT2D eigenvalue weighted by atomic mass is 16.1. The van der Waals surface area contributed by atoms with Crippen LogP contribution >= 0.6 is 0 Å². The maximum Gasteiger partial charge on any atom is 0.207 e. The lowest BCUT2D eigenvalue weighted by Crippen LogP contribution is -2.09. The van der Waals surface area contributed by atoms with Gasteiger partial charge in [0.25, 0.3) is 0 Å². The Bertz CT molecular complexity index is 298. The van der Waals surface area contributed by atoms with Gasteiger partial charge in [-0.15, -0.1) is 0 Å². The highest BCUT2D eigenvalue weighted by molar-refractivity contribution is 5.46. The number of nitrogens with one attached hydrogen (secondary N) is 1. The quantitative estimate of drug-likeness (QED) is 0.792. The number of carbonyl (C=O) groups is 1. The first-order valence-electron chi connectivity index (χ1n) is 6.55. The van der Waals surface area contributed by atoms with Crippen molar-refractivity contribution in [1.82, 2.24) is 5.32 Å². The fourth-order valence-electron chi connectivity index (χ4n) is 1.50. The lowest BCUT2D eigenvalue weighted by molar-refractivity contribution is -0.109. The molecule has 0 bridgehead atoms. The molecular formula is C15H28N2O. The molecule has 0 aromatic heterocycles. The van der Waals surface area contributed by atoms with E-state index in [2.05, 4.69) is 37.0 Å². The van der Waals surface area contributed by atoms with Crippen molar-refractivity contribution in [2.75, 3.05) is 7.05 Å². The fourth-order valence-corrected chi connectivity index (χ4v) is 1.50. The lowest BCUT2D eigenvalue weighted by atomic mass is 10.0. The fraction of sp³-hybridized carbons (Fsp3) is 0.533. The molecule has 1 amide bonds. The third kappa shape index (κ3) is 9.85. The van der Waals surface area contributed by atoms with Crippen LogP contribution < -0.4 is 11.1 Å². The molecule has 1 aromatic rings. The Kier molecular flexibility index (Phi) is 14.5. The number of hydrogen-bond acceptors (Lipinski definition) is 2. The molecule has 0 fully saturated rings. The van der Waals surface area contributed by atoms with Crippen molar-refractivity contribution in [2.24, 2.45) is 11.7 Å². The van der Waals surface area contributed by atoms with Crippen molar-refractivity contribution >= 4 is 6.41 Å². The zero-order valence-electron chi connectivity index (χ0n) is 12.4. The second-order valence-electron chi connectivity index (χ2n) is 3.92. The second-order valence-corrected chi connectivity index (χ2v) is 3.92. The van der Waals surface area contributed by atoms with E-state index in [0.717, 1.165) is 18.4 Å². The largest absolute Gasteiger partial charge is 0.355 e. The standard InChI is InChI=1S/C12H17NO.C2H6.CH5N/c1-10(2)6-11-4-3-5-12(7-11)8-13-9-14;2*1-2/h3-5,7,9-10H,6,8H2,1-2H3,(H,13,14);1-2H3;2H2,1H3. The van der Waals surface area contributed by atoms with Gasteiger partial charge in [-0.3, -0.25) is 4.79 Å². The Morgan fingerprint density at radius 2 is 1.78 bits per heavy atom. The van der Waals surface area contributed by atoms with Gasteiger partial charge in [-0.1, -0.05) is 52.0 Å². The van der Waals surface area contributed by atoms with Gasteiger partial charge in [-0.05, 0) is 30.5 Å². The Balaban J connectivity index is 0. The Hall–Kier alpha value is -1.35. The molecule has 104 valence electrons. The molecule has 0 aliphatic rings. The molecule has 0 saturated carbocycles. The van der Waals surface area contributed by atoms with Crippen LogP contribution in [0.5, 0.6) is 0 Å². The molecule has 0 atom stereocenters. The molecule has 1 aromatic carbocycles. The van der Waals surface area contributed by atoms with Crippen LogP contribution in [0.4, 0.5) is 0 Å². The van der Waals surface area contributed by atoms with E-state index in [1.807, 2.05) is 26.0 Å². The summed E-state index contributed by atoms with van der Waals surface area (Å²) in [6.45, 7) is 9.03. The van der Waals surface area contributed by atoms with Crippen LogP contribution in [-0.2, 0) is 17.8 Å². The minimum absolute atomic E-state index is 0.620. The highest BCUT2D eigenvalue weighted by Crippen LogP contribution is 2.10. The van der Waals surface area contributed by atoms with Gasteiger partial charge in [-0.2, -0.15) is 0 Å². The minimum Gasteiger partial charge on any atom is -0.355 e. The molecule has 3 nitrogen and oxygen atoms in total. The van der Waals surface area contributed by atoms with E-state index in [4.69, 9.17) is 0 Å². The van der Waals surface area contributed by atoms with Gasteiger partial charge in [0.05, 0.1) is 0 Å². The third-order valence-corrected chi connectivity index (χ3v) is 2.02. The topological polar surface area (TPSA) is 55.1 Å². The maximum absolute atomic E-state index is 10.1. The zero-order valence-corrected chi connectivity index (χ0v) is 12.4. The van der Waals surface area contributed by atoms with Crippen molar-refractivity contribution in [3.05, 3.63) is 35.4 Å². The molecule has 0 spiro atoms. The number of hydrogen-bond donors (Lipinski definition) is 2. The average molecular weight is 252 g/mol. The molecular weight excluding hydrogens is 224 g/mol. The van der Waals surface area contributed by atoms with E-state index in [0.29, 0.717) is 12.5 Å². The number of amides is 1. The van der Waals surface area contributed by atoms with Gasteiger partial charge >= 0.3 is 0 Å². The molecule has 0 radical (unpaired) electrons. The first-order chi connectivity index (χ1) is 8.72. The summed E-state index contributed by atoms with van der Waals surface area (Å²) in [4.78, 5) is 10.1. The summed E-state index contributed by atoms with van der Waals surface area (Å²) in [5, 5.41) is 2.66. The van der Waals surface area contributed by atoms with Crippen molar-refractivity contribution in [3.63, 3.8) is 0 Å².